The zero-order chi connectivity index (χ0) is 33.6. The van der Waals surface area contributed by atoms with Crippen LogP contribution in [0.3, 0.4) is 0 Å². The first kappa shape index (κ1) is 32.2. The minimum Gasteiger partial charge on any atom is -0.490 e. The Kier molecular flexibility index (Phi) is 9.60. The number of nitriles is 1. The quantitative estimate of drug-likeness (QED) is 0.173. The molecular formula is C38H30FN3O5S. The summed E-state index contributed by atoms with van der Waals surface area (Å²) < 4.78 is 33.3. The zero-order valence-electron chi connectivity index (χ0n) is 26.2. The Bertz CT molecular complexity index is 2220. The van der Waals surface area contributed by atoms with Crippen molar-refractivity contribution in [1.29, 1.82) is 5.26 Å². The second-order valence-electron chi connectivity index (χ2n) is 10.7. The van der Waals surface area contributed by atoms with Gasteiger partial charge in [0.25, 0.3) is 5.56 Å². The molecule has 0 amide bonds. The molecule has 0 aliphatic carbocycles. The van der Waals surface area contributed by atoms with E-state index in [0.29, 0.717) is 55.4 Å². The summed E-state index contributed by atoms with van der Waals surface area (Å²) in [6, 6.07) is 28.7. The van der Waals surface area contributed by atoms with Crippen LogP contribution in [0.15, 0.2) is 112 Å². The standard InChI is InChI=1S/C38H30FN3O5S/c1-3-45-31-20-26(14-19-30(31)47-23-25-12-10-24(22-40)11-13-25)21-32-36(43)42-35(28-15-17-29(39)18-16-28)33(37(44)46-4-2)34(41-38(42)48-32)27-8-6-5-7-9-27/h5-21,35H,3-4,23H2,1-2H3/b32-21-/t35-/m0/s1. The van der Waals surface area contributed by atoms with Gasteiger partial charge in [0.05, 0.1) is 46.7 Å². The molecule has 0 N–H and O–H groups in total. The third kappa shape index (κ3) is 6.68. The molecule has 0 radical (unpaired) electrons. The highest BCUT2D eigenvalue weighted by atomic mass is 32.1. The molecule has 1 aliphatic heterocycles. The Balaban J connectivity index is 1.45. The van der Waals surface area contributed by atoms with Crippen molar-refractivity contribution in [2.75, 3.05) is 13.2 Å². The molecule has 0 saturated carbocycles. The van der Waals surface area contributed by atoms with E-state index in [2.05, 4.69) is 6.07 Å². The average molecular weight is 660 g/mol. The van der Waals surface area contributed by atoms with Gasteiger partial charge in [-0.3, -0.25) is 9.36 Å². The Morgan fingerprint density at radius 2 is 1.71 bits per heavy atom. The van der Waals surface area contributed by atoms with E-state index in [1.54, 1.807) is 49.4 Å². The largest absolute Gasteiger partial charge is 0.490 e. The van der Waals surface area contributed by atoms with Crippen LogP contribution in [-0.2, 0) is 16.1 Å². The molecule has 2 heterocycles. The predicted octanol–water partition coefficient (Wildman–Crippen LogP) is 5.92. The number of benzene rings is 4. The lowest BCUT2D eigenvalue weighted by Crippen LogP contribution is -2.40. The van der Waals surface area contributed by atoms with Crippen molar-refractivity contribution in [1.82, 2.24) is 4.57 Å². The minimum atomic E-state index is -0.907. The van der Waals surface area contributed by atoms with Gasteiger partial charge < -0.3 is 14.2 Å². The van der Waals surface area contributed by atoms with Gasteiger partial charge in [-0.15, -0.1) is 0 Å². The van der Waals surface area contributed by atoms with Crippen LogP contribution in [0.2, 0.25) is 0 Å². The van der Waals surface area contributed by atoms with Crippen LogP contribution in [0.1, 0.15) is 47.7 Å². The third-order valence-corrected chi connectivity index (χ3v) is 8.59. The Morgan fingerprint density at radius 1 is 0.958 bits per heavy atom. The predicted molar refractivity (Wildman–Crippen MR) is 181 cm³/mol. The SMILES string of the molecule is CCOC(=O)C1=C(c2ccccc2)N=c2s/c(=C\c3ccc(OCc4ccc(C#N)cc4)c(OCC)c3)c(=O)n2[C@H]1c1ccc(F)cc1. The van der Waals surface area contributed by atoms with E-state index in [4.69, 9.17) is 24.5 Å². The van der Waals surface area contributed by atoms with Crippen LogP contribution < -0.4 is 24.4 Å². The molecule has 8 nitrogen and oxygen atoms in total. The normalized spacial score (nSPS) is 14.1. The number of carbonyl (C=O) groups excluding carboxylic acids is 1. The first-order valence-corrected chi connectivity index (χ1v) is 16.1. The van der Waals surface area contributed by atoms with Gasteiger partial charge in [0.1, 0.15) is 12.4 Å². The number of halogens is 1. The van der Waals surface area contributed by atoms with Crippen LogP contribution in [-0.4, -0.2) is 23.8 Å². The van der Waals surface area contributed by atoms with Gasteiger partial charge in [0, 0.05) is 5.56 Å². The van der Waals surface area contributed by atoms with E-state index in [9.17, 15) is 14.0 Å². The van der Waals surface area contributed by atoms with E-state index in [0.717, 1.165) is 5.56 Å². The number of hydrogen-bond donors (Lipinski definition) is 0. The maximum absolute atomic E-state index is 14.2. The molecule has 0 saturated heterocycles. The van der Waals surface area contributed by atoms with E-state index in [1.807, 2.05) is 55.5 Å². The van der Waals surface area contributed by atoms with Crippen LogP contribution in [0.5, 0.6) is 11.5 Å². The summed E-state index contributed by atoms with van der Waals surface area (Å²) in [6.45, 7) is 4.38. The first-order valence-electron chi connectivity index (χ1n) is 15.3. The lowest BCUT2D eigenvalue weighted by Gasteiger charge is -2.25. The molecule has 1 atom stereocenters. The van der Waals surface area contributed by atoms with Gasteiger partial charge in [-0.05, 0) is 73.0 Å². The smallest absolute Gasteiger partial charge is 0.338 e. The summed E-state index contributed by atoms with van der Waals surface area (Å²) in [5.74, 6) is -0.0114. The number of ether oxygens (including phenoxy) is 3. The second-order valence-corrected chi connectivity index (χ2v) is 11.7. The van der Waals surface area contributed by atoms with Crippen LogP contribution in [0, 0.1) is 17.1 Å². The van der Waals surface area contributed by atoms with Crippen molar-refractivity contribution in [3.05, 3.63) is 156 Å². The van der Waals surface area contributed by atoms with Crippen molar-refractivity contribution in [3.8, 4) is 17.6 Å². The zero-order valence-corrected chi connectivity index (χ0v) is 27.0. The third-order valence-electron chi connectivity index (χ3n) is 7.60. The topological polar surface area (TPSA) is 103 Å². The summed E-state index contributed by atoms with van der Waals surface area (Å²) >= 11 is 1.19. The summed E-state index contributed by atoms with van der Waals surface area (Å²) in [5, 5.41) is 9.06. The minimum absolute atomic E-state index is 0.125. The fourth-order valence-electron chi connectivity index (χ4n) is 5.39. The summed E-state index contributed by atoms with van der Waals surface area (Å²) in [5.41, 5.74) is 3.60. The van der Waals surface area contributed by atoms with Crippen molar-refractivity contribution >= 4 is 29.1 Å². The fourth-order valence-corrected chi connectivity index (χ4v) is 6.39. The highest BCUT2D eigenvalue weighted by Crippen LogP contribution is 2.35. The molecule has 240 valence electrons. The highest BCUT2D eigenvalue weighted by Gasteiger charge is 2.35. The van der Waals surface area contributed by atoms with Gasteiger partial charge in [0.2, 0.25) is 0 Å². The molecule has 1 aliphatic rings. The Labute approximate surface area is 279 Å². The molecule has 0 bridgehead atoms. The van der Waals surface area contributed by atoms with Crippen molar-refractivity contribution in [2.24, 2.45) is 4.99 Å². The molecule has 4 aromatic carbocycles. The Hall–Kier alpha value is -5.79. The van der Waals surface area contributed by atoms with Gasteiger partial charge in [-0.2, -0.15) is 5.26 Å². The summed E-state index contributed by atoms with van der Waals surface area (Å²) in [4.78, 5) is 33.0. The molecular weight excluding hydrogens is 629 g/mol. The highest BCUT2D eigenvalue weighted by molar-refractivity contribution is 7.07. The van der Waals surface area contributed by atoms with Gasteiger partial charge in [-0.1, -0.05) is 72.0 Å². The first-order chi connectivity index (χ1) is 23.4. The van der Waals surface area contributed by atoms with Gasteiger partial charge >= 0.3 is 5.97 Å². The molecule has 5 aromatic rings. The van der Waals surface area contributed by atoms with Crippen LogP contribution in [0.4, 0.5) is 4.39 Å². The van der Waals surface area contributed by atoms with Crippen molar-refractivity contribution in [2.45, 2.75) is 26.5 Å². The maximum Gasteiger partial charge on any atom is 0.338 e. The number of rotatable bonds is 10. The summed E-state index contributed by atoms with van der Waals surface area (Å²) in [7, 11) is 0. The van der Waals surface area contributed by atoms with E-state index in [1.165, 1.54) is 28.0 Å². The molecule has 0 unspecified atom stereocenters. The van der Waals surface area contributed by atoms with Gasteiger partial charge in [0.15, 0.2) is 16.3 Å². The molecule has 0 spiro atoms. The second kappa shape index (κ2) is 14.3. The lowest BCUT2D eigenvalue weighted by atomic mass is 9.93. The van der Waals surface area contributed by atoms with E-state index >= 15 is 0 Å². The molecule has 6 rings (SSSR count). The Morgan fingerprint density at radius 3 is 2.40 bits per heavy atom. The van der Waals surface area contributed by atoms with E-state index < -0.39 is 17.8 Å². The lowest BCUT2D eigenvalue weighted by molar-refractivity contribution is -0.138. The molecule has 48 heavy (non-hydrogen) atoms. The molecule has 0 fully saturated rings. The average Bonchev–Trinajstić information content (AvgIpc) is 3.42. The number of aromatic nitrogens is 1. The maximum atomic E-state index is 14.2. The van der Waals surface area contributed by atoms with Crippen LogP contribution >= 0.6 is 11.3 Å². The number of hydrogen-bond acceptors (Lipinski definition) is 8. The van der Waals surface area contributed by atoms with Gasteiger partial charge in [-0.25, -0.2) is 14.2 Å². The number of carbonyl (C=O) groups is 1. The number of nitrogens with zero attached hydrogens (tertiary/aromatic N) is 3. The van der Waals surface area contributed by atoms with E-state index in [-0.39, 0.29) is 24.3 Å². The fraction of sp³-hybridized carbons (Fsp3) is 0.158. The number of thiazole rings is 1. The van der Waals surface area contributed by atoms with Crippen molar-refractivity contribution < 1.29 is 23.4 Å². The summed E-state index contributed by atoms with van der Waals surface area (Å²) in [6.07, 6.45) is 1.74. The van der Waals surface area contributed by atoms with Crippen molar-refractivity contribution in [3.63, 3.8) is 0 Å². The molecule has 10 heteroatoms. The monoisotopic (exact) mass is 659 g/mol. The number of fused-ring (bicyclic) bond motifs is 1. The van der Waals surface area contributed by atoms with Crippen LogP contribution in [0.25, 0.3) is 11.8 Å². The number of esters is 1. The molecule has 1 aromatic heterocycles.